The van der Waals surface area contributed by atoms with Gasteiger partial charge in [-0.2, -0.15) is 13.2 Å². The number of benzene rings is 1. The molecule has 0 aliphatic carbocycles. The maximum atomic E-state index is 13.0. The van der Waals surface area contributed by atoms with Crippen LogP contribution in [0.5, 0.6) is 0 Å². The lowest BCUT2D eigenvalue weighted by molar-refractivity contribution is -0.139. The smallest absolute Gasteiger partial charge is 0.300 e. The fraction of sp³-hybridized carbons (Fsp3) is 0.533. The number of halogens is 3. The first-order chi connectivity index (χ1) is 9.45. The van der Waals surface area contributed by atoms with Crippen molar-refractivity contribution in [3.8, 4) is 0 Å². The molecule has 2 fully saturated rings. The highest BCUT2D eigenvalue weighted by atomic mass is 19.4. The standard InChI is InChI=1S/C15H16F3NO/c16-15(17,18)14-4-2-1-3-10(14)9-19-11-5-6-12(19)8-13(20)7-11/h1-4,11-12H,5-9H2. The van der Waals surface area contributed by atoms with Gasteiger partial charge in [-0.3, -0.25) is 9.69 Å². The van der Waals surface area contributed by atoms with Gasteiger partial charge in [-0.25, -0.2) is 0 Å². The highest BCUT2D eigenvalue weighted by molar-refractivity contribution is 5.80. The predicted octanol–water partition coefficient (Wildman–Crippen LogP) is 3.40. The number of hydrogen-bond donors (Lipinski definition) is 0. The number of nitrogens with zero attached hydrogens (tertiary/aromatic N) is 1. The number of rotatable bonds is 2. The molecule has 3 rings (SSSR count). The lowest BCUT2D eigenvalue weighted by atomic mass is 9.99. The Morgan fingerprint density at radius 3 is 2.30 bits per heavy atom. The van der Waals surface area contributed by atoms with E-state index in [1.807, 2.05) is 0 Å². The van der Waals surface area contributed by atoms with Crippen molar-refractivity contribution >= 4 is 5.78 Å². The summed E-state index contributed by atoms with van der Waals surface area (Å²) in [5, 5.41) is 0. The lowest BCUT2D eigenvalue weighted by Crippen LogP contribution is -2.42. The summed E-state index contributed by atoms with van der Waals surface area (Å²) in [5.74, 6) is 0.248. The molecule has 1 aromatic rings. The third kappa shape index (κ3) is 2.46. The summed E-state index contributed by atoms with van der Waals surface area (Å²) >= 11 is 0. The van der Waals surface area contributed by atoms with E-state index in [2.05, 4.69) is 4.90 Å². The van der Waals surface area contributed by atoms with Gasteiger partial charge in [-0.05, 0) is 24.5 Å². The van der Waals surface area contributed by atoms with Crippen LogP contribution in [0.2, 0.25) is 0 Å². The third-order valence-corrected chi connectivity index (χ3v) is 4.37. The molecule has 0 N–H and O–H groups in total. The molecule has 2 saturated heterocycles. The third-order valence-electron chi connectivity index (χ3n) is 4.37. The Kier molecular flexibility index (Phi) is 3.32. The maximum Gasteiger partial charge on any atom is 0.416 e. The maximum absolute atomic E-state index is 13.0. The van der Waals surface area contributed by atoms with E-state index in [0.29, 0.717) is 18.4 Å². The fourth-order valence-electron chi connectivity index (χ4n) is 3.45. The van der Waals surface area contributed by atoms with E-state index in [1.165, 1.54) is 6.07 Å². The van der Waals surface area contributed by atoms with Crippen LogP contribution in [0.15, 0.2) is 24.3 Å². The highest BCUT2D eigenvalue weighted by Gasteiger charge is 2.41. The molecular weight excluding hydrogens is 267 g/mol. The minimum Gasteiger partial charge on any atom is -0.300 e. The van der Waals surface area contributed by atoms with Gasteiger partial charge in [-0.1, -0.05) is 18.2 Å². The molecule has 108 valence electrons. The fourth-order valence-corrected chi connectivity index (χ4v) is 3.45. The highest BCUT2D eigenvalue weighted by Crippen LogP contribution is 2.38. The van der Waals surface area contributed by atoms with E-state index in [9.17, 15) is 18.0 Å². The van der Waals surface area contributed by atoms with Crippen LogP contribution in [0.4, 0.5) is 13.2 Å². The zero-order valence-corrected chi connectivity index (χ0v) is 11.0. The van der Waals surface area contributed by atoms with E-state index >= 15 is 0 Å². The average Bonchev–Trinajstić information content (AvgIpc) is 2.61. The molecule has 2 heterocycles. The van der Waals surface area contributed by atoms with Crippen molar-refractivity contribution in [2.24, 2.45) is 0 Å². The van der Waals surface area contributed by atoms with Crippen LogP contribution in [-0.2, 0) is 17.5 Å². The molecule has 20 heavy (non-hydrogen) atoms. The minimum absolute atomic E-state index is 0.127. The summed E-state index contributed by atoms with van der Waals surface area (Å²) in [6, 6.07) is 5.98. The van der Waals surface area contributed by atoms with E-state index in [0.717, 1.165) is 18.9 Å². The van der Waals surface area contributed by atoms with Gasteiger partial charge in [0.25, 0.3) is 0 Å². The zero-order valence-electron chi connectivity index (χ0n) is 11.0. The molecular formula is C15H16F3NO. The van der Waals surface area contributed by atoms with E-state index in [1.54, 1.807) is 12.1 Å². The number of piperidine rings is 1. The van der Waals surface area contributed by atoms with Gasteiger partial charge in [0, 0.05) is 31.5 Å². The Balaban J connectivity index is 1.84. The van der Waals surface area contributed by atoms with Crippen molar-refractivity contribution in [3.63, 3.8) is 0 Å². The first-order valence-electron chi connectivity index (χ1n) is 6.87. The van der Waals surface area contributed by atoms with Gasteiger partial charge in [0.15, 0.2) is 0 Å². The molecule has 0 spiro atoms. The first kappa shape index (κ1) is 13.6. The lowest BCUT2D eigenvalue weighted by Gasteiger charge is -2.34. The quantitative estimate of drug-likeness (QED) is 0.829. The molecule has 2 bridgehead atoms. The van der Waals surface area contributed by atoms with Crippen molar-refractivity contribution in [1.29, 1.82) is 0 Å². The van der Waals surface area contributed by atoms with Crippen LogP contribution in [0.1, 0.15) is 36.8 Å². The summed E-state index contributed by atoms with van der Waals surface area (Å²) in [6.45, 7) is 0.290. The number of hydrogen-bond acceptors (Lipinski definition) is 2. The van der Waals surface area contributed by atoms with Crippen LogP contribution in [0, 0.1) is 0 Å². The van der Waals surface area contributed by atoms with Gasteiger partial charge in [0.1, 0.15) is 5.78 Å². The van der Waals surface area contributed by atoms with Crippen molar-refractivity contribution in [3.05, 3.63) is 35.4 Å². The number of carbonyl (C=O) groups is 1. The van der Waals surface area contributed by atoms with Crippen LogP contribution in [0.25, 0.3) is 0 Å². The number of Topliss-reactive ketones (excluding diaryl/α,β-unsaturated/α-hetero) is 1. The van der Waals surface area contributed by atoms with E-state index in [4.69, 9.17) is 0 Å². The normalized spacial score (nSPS) is 27.1. The molecule has 5 heteroatoms. The van der Waals surface area contributed by atoms with Crippen LogP contribution >= 0.6 is 0 Å². The van der Waals surface area contributed by atoms with Gasteiger partial charge in [0.2, 0.25) is 0 Å². The molecule has 0 amide bonds. The monoisotopic (exact) mass is 283 g/mol. The van der Waals surface area contributed by atoms with Crippen molar-refractivity contribution < 1.29 is 18.0 Å². The average molecular weight is 283 g/mol. The van der Waals surface area contributed by atoms with Gasteiger partial charge in [-0.15, -0.1) is 0 Å². The Morgan fingerprint density at radius 2 is 1.70 bits per heavy atom. The summed E-state index contributed by atoms with van der Waals surface area (Å²) in [6.07, 6.45) is -1.49. The Labute approximate surface area is 115 Å². The van der Waals surface area contributed by atoms with Crippen LogP contribution < -0.4 is 0 Å². The molecule has 0 aromatic heterocycles. The topological polar surface area (TPSA) is 20.3 Å². The van der Waals surface area contributed by atoms with Crippen molar-refractivity contribution in [2.45, 2.75) is 50.5 Å². The van der Waals surface area contributed by atoms with Crippen LogP contribution in [0.3, 0.4) is 0 Å². The molecule has 1 aromatic carbocycles. The second kappa shape index (κ2) is 4.88. The Bertz CT molecular complexity index is 510. The number of fused-ring (bicyclic) bond motifs is 2. The minimum atomic E-state index is -4.32. The number of carbonyl (C=O) groups excluding carboxylic acids is 1. The van der Waals surface area contributed by atoms with Crippen LogP contribution in [-0.4, -0.2) is 22.8 Å². The molecule has 0 saturated carbocycles. The molecule has 0 radical (unpaired) electrons. The van der Waals surface area contributed by atoms with Crippen molar-refractivity contribution in [1.82, 2.24) is 4.90 Å². The molecule has 2 nitrogen and oxygen atoms in total. The first-order valence-corrected chi connectivity index (χ1v) is 6.87. The SMILES string of the molecule is O=C1CC2CCC(C1)N2Cc1ccccc1C(F)(F)F. The van der Waals surface area contributed by atoms with Gasteiger partial charge in [0.05, 0.1) is 5.56 Å². The molecule has 2 unspecified atom stereocenters. The zero-order chi connectivity index (χ0) is 14.3. The summed E-state index contributed by atoms with van der Waals surface area (Å²) in [5.41, 5.74) is -0.248. The summed E-state index contributed by atoms with van der Waals surface area (Å²) < 4.78 is 39.0. The molecule has 2 aliphatic rings. The Morgan fingerprint density at radius 1 is 1.10 bits per heavy atom. The largest absolute Gasteiger partial charge is 0.416 e. The van der Waals surface area contributed by atoms with Gasteiger partial charge >= 0.3 is 6.18 Å². The summed E-state index contributed by atoms with van der Waals surface area (Å²) in [7, 11) is 0. The number of ketones is 1. The molecule has 2 aliphatic heterocycles. The second-order valence-corrected chi connectivity index (χ2v) is 5.66. The second-order valence-electron chi connectivity index (χ2n) is 5.66. The van der Waals surface area contributed by atoms with E-state index in [-0.39, 0.29) is 24.4 Å². The Hall–Kier alpha value is -1.36. The summed E-state index contributed by atoms with van der Waals surface area (Å²) in [4.78, 5) is 13.6. The number of alkyl halides is 3. The predicted molar refractivity (Wildman–Crippen MR) is 68.0 cm³/mol. The molecule has 2 atom stereocenters. The van der Waals surface area contributed by atoms with Gasteiger partial charge < -0.3 is 0 Å². The van der Waals surface area contributed by atoms with Crippen molar-refractivity contribution in [2.75, 3.05) is 0 Å². The van der Waals surface area contributed by atoms with E-state index < -0.39 is 11.7 Å².